The van der Waals surface area contributed by atoms with Gasteiger partial charge in [0.25, 0.3) is 5.91 Å². The van der Waals surface area contributed by atoms with Gasteiger partial charge >= 0.3 is 0 Å². The molecule has 6 nitrogen and oxygen atoms in total. The molecule has 1 aromatic heterocycles. The topological polar surface area (TPSA) is 74.3 Å². The smallest absolute Gasteiger partial charge is 0.270 e. The van der Waals surface area contributed by atoms with Gasteiger partial charge in [-0.2, -0.15) is 0 Å². The van der Waals surface area contributed by atoms with Crippen molar-refractivity contribution >= 4 is 24.2 Å². The van der Waals surface area contributed by atoms with Gasteiger partial charge < -0.3 is 15.5 Å². The van der Waals surface area contributed by atoms with Crippen molar-refractivity contribution in [3.8, 4) is 0 Å². The van der Waals surface area contributed by atoms with Crippen LogP contribution in [0.1, 0.15) is 10.5 Å². The van der Waals surface area contributed by atoms with E-state index in [4.69, 9.17) is 0 Å². The fourth-order valence-corrected chi connectivity index (χ4v) is 1.77. The fraction of sp³-hybridized carbons (Fsp3) is 0.417. The summed E-state index contributed by atoms with van der Waals surface area (Å²) in [6.45, 7) is 3.02. The second-order valence-corrected chi connectivity index (χ2v) is 4.03. The van der Waals surface area contributed by atoms with Gasteiger partial charge in [-0.05, 0) is 12.1 Å². The van der Waals surface area contributed by atoms with Crippen LogP contribution >= 0.6 is 12.4 Å². The van der Waals surface area contributed by atoms with Gasteiger partial charge in [0.15, 0.2) is 0 Å². The van der Waals surface area contributed by atoms with Crippen molar-refractivity contribution in [2.75, 3.05) is 32.7 Å². The van der Waals surface area contributed by atoms with Crippen LogP contribution in [0.15, 0.2) is 24.4 Å². The summed E-state index contributed by atoms with van der Waals surface area (Å²) in [6, 6.07) is 5.09. The van der Waals surface area contributed by atoms with Crippen molar-refractivity contribution in [1.29, 1.82) is 0 Å². The first-order chi connectivity index (χ1) is 8.77. The van der Waals surface area contributed by atoms with Crippen molar-refractivity contribution in [2.45, 2.75) is 0 Å². The minimum absolute atomic E-state index is 0. The first-order valence-electron chi connectivity index (χ1n) is 5.95. The number of carbonyl (C=O) groups excluding carboxylic acids is 2. The molecule has 0 saturated carbocycles. The molecule has 104 valence electrons. The minimum atomic E-state index is -0.320. The highest BCUT2D eigenvalue weighted by Crippen LogP contribution is 1.95. The molecule has 7 heteroatoms. The Bertz CT molecular complexity index is 421. The molecule has 0 spiro atoms. The van der Waals surface area contributed by atoms with Crippen molar-refractivity contribution in [2.24, 2.45) is 0 Å². The molecular weight excluding hydrogens is 268 g/mol. The third-order valence-corrected chi connectivity index (χ3v) is 2.77. The van der Waals surface area contributed by atoms with Gasteiger partial charge in [0, 0.05) is 32.4 Å². The van der Waals surface area contributed by atoms with Crippen LogP contribution in [0.25, 0.3) is 0 Å². The van der Waals surface area contributed by atoms with Crippen LogP contribution in [0, 0.1) is 0 Å². The number of hydrogen-bond donors (Lipinski definition) is 2. The van der Waals surface area contributed by atoms with Crippen molar-refractivity contribution in [1.82, 2.24) is 20.5 Å². The second kappa shape index (κ2) is 7.70. The summed E-state index contributed by atoms with van der Waals surface area (Å²) < 4.78 is 0. The number of nitrogens with one attached hydrogen (secondary N) is 2. The zero-order valence-corrected chi connectivity index (χ0v) is 11.3. The lowest BCUT2D eigenvalue weighted by Crippen LogP contribution is -2.49. The van der Waals surface area contributed by atoms with Crippen LogP contribution in [0.4, 0.5) is 0 Å². The predicted molar refractivity (Wildman–Crippen MR) is 73.3 cm³/mol. The van der Waals surface area contributed by atoms with E-state index in [0.29, 0.717) is 18.8 Å². The Hall–Kier alpha value is -1.66. The average molecular weight is 285 g/mol. The van der Waals surface area contributed by atoms with Gasteiger partial charge in [-0.25, -0.2) is 0 Å². The molecule has 1 aliphatic heterocycles. The van der Waals surface area contributed by atoms with Gasteiger partial charge in [-0.15, -0.1) is 12.4 Å². The van der Waals surface area contributed by atoms with E-state index in [1.807, 2.05) is 0 Å². The Balaban J connectivity index is 0.00000180. The first kappa shape index (κ1) is 15.4. The Kier molecular flexibility index (Phi) is 6.24. The quantitative estimate of drug-likeness (QED) is 0.797. The van der Waals surface area contributed by atoms with Crippen LogP contribution < -0.4 is 10.6 Å². The van der Waals surface area contributed by atoms with E-state index in [9.17, 15) is 9.59 Å². The molecule has 0 aromatic carbocycles. The summed E-state index contributed by atoms with van der Waals surface area (Å²) in [5, 5.41) is 5.75. The van der Waals surface area contributed by atoms with Crippen LogP contribution in [0.5, 0.6) is 0 Å². The molecule has 2 heterocycles. The molecule has 0 aliphatic carbocycles. The summed E-state index contributed by atoms with van der Waals surface area (Å²) in [6.07, 6.45) is 1.55. The van der Waals surface area contributed by atoms with Crippen molar-refractivity contribution in [3.63, 3.8) is 0 Å². The largest absolute Gasteiger partial charge is 0.342 e. The Labute approximate surface area is 118 Å². The molecular formula is C12H17ClN4O2. The Morgan fingerprint density at radius 3 is 2.68 bits per heavy atom. The maximum atomic E-state index is 11.8. The lowest BCUT2D eigenvalue weighted by molar-refractivity contribution is -0.130. The second-order valence-electron chi connectivity index (χ2n) is 4.03. The molecule has 2 N–H and O–H groups in total. The van der Waals surface area contributed by atoms with Gasteiger partial charge in [0.1, 0.15) is 5.69 Å². The van der Waals surface area contributed by atoms with Gasteiger partial charge in [-0.1, -0.05) is 6.07 Å². The normalized spacial score (nSPS) is 14.4. The van der Waals surface area contributed by atoms with Gasteiger partial charge in [0.2, 0.25) is 5.91 Å². The maximum absolute atomic E-state index is 11.8. The zero-order chi connectivity index (χ0) is 12.8. The highest BCUT2D eigenvalue weighted by molar-refractivity contribution is 5.94. The zero-order valence-electron chi connectivity index (χ0n) is 10.5. The van der Waals surface area contributed by atoms with E-state index < -0.39 is 0 Å². The van der Waals surface area contributed by atoms with E-state index in [-0.39, 0.29) is 30.8 Å². The third kappa shape index (κ3) is 4.50. The first-order valence-corrected chi connectivity index (χ1v) is 5.95. The van der Waals surface area contributed by atoms with Crippen LogP contribution in [-0.2, 0) is 4.79 Å². The minimum Gasteiger partial charge on any atom is -0.342 e. The van der Waals surface area contributed by atoms with E-state index in [2.05, 4.69) is 15.6 Å². The van der Waals surface area contributed by atoms with Crippen LogP contribution in [-0.4, -0.2) is 54.4 Å². The lowest BCUT2D eigenvalue weighted by Gasteiger charge is -2.27. The number of nitrogens with zero attached hydrogens (tertiary/aromatic N) is 2. The molecule has 19 heavy (non-hydrogen) atoms. The molecule has 0 atom stereocenters. The monoisotopic (exact) mass is 284 g/mol. The molecule has 2 amide bonds. The molecule has 0 unspecified atom stereocenters. The Morgan fingerprint density at radius 2 is 2.05 bits per heavy atom. The number of rotatable bonds is 3. The fourth-order valence-electron chi connectivity index (χ4n) is 1.77. The van der Waals surface area contributed by atoms with Gasteiger partial charge in [0.05, 0.1) is 6.54 Å². The van der Waals surface area contributed by atoms with E-state index in [1.54, 1.807) is 29.3 Å². The Morgan fingerprint density at radius 1 is 1.32 bits per heavy atom. The number of hydrogen-bond acceptors (Lipinski definition) is 4. The summed E-state index contributed by atoms with van der Waals surface area (Å²) in [7, 11) is 0. The summed E-state index contributed by atoms with van der Waals surface area (Å²) in [5.74, 6) is -0.375. The van der Waals surface area contributed by atoms with Crippen LogP contribution in [0.3, 0.4) is 0 Å². The number of piperazine rings is 1. The van der Waals surface area contributed by atoms with Gasteiger partial charge in [-0.3, -0.25) is 14.6 Å². The SMILES string of the molecule is Cl.O=C(NCC(=O)N1CCNCC1)c1ccccn1. The molecule has 1 saturated heterocycles. The molecule has 1 aromatic rings. The highest BCUT2D eigenvalue weighted by Gasteiger charge is 2.17. The number of carbonyl (C=O) groups is 2. The number of pyridine rings is 1. The molecule has 2 rings (SSSR count). The highest BCUT2D eigenvalue weighted by atomic mass is 35.5. The lowest BCUT2D eigenvalue weighted by atomic mass is 10.3. The number of amides is 2. The summed E-state index contributed by atoms with van der Waals surface area (Å²) >= 11 is 0. The molecule has 0 bridgehead atoms. The third-order valence-electron chi connectivity index (χ3n) is 2.77. The van der Waals surface area contributed by atoms with E-state index in [1.165, 1.54) is 0 Å². The maximum Gasteiger partial charge on any atom is 0.270 e. The van der Waals surface area contributed by atoms with E-state index >= 15 is 0 Å². The standard InChI is InChI=1S/C12H16N4O2.ClH/c17-11(16-7-5-13-6-8-16)9-15-12(18)10-3-1-2-4-14-10;/h1-4,13H,5-9H2,(H,15,18);1H. The molecule has 0 radical (unpaired) electrons. The van der Waals surface area contributed by atoms with E-state index in [0.717, 1.165) is 13.1 Å². The predicted octanol–water partition coefficient (Wildman–Crippen LogP) is -0.335. The summed E-state index contributed by atoms with van der Waals surface area (Å²) in [5.41, 5.74) is 0.325. The number of aromatic nitrogens is 1. The van der Waals surface area contributed by atoms with Crippen molar-refractivity contribution in [3.05, 3.63) is 30.1 Å². The molecule has 1 fully saturated rings. The van der Waals surface area contributed by atoms with Crippen LogP contribution in [0.2, 0.25) is 0 Å². The summed E-state index contributed by atoms with van der Waals surface area (Å²) in [4.78, 5) is 29.1. The molecule has 1 aliphatic rings. The van der Waals surface area contributed by atoms with Crippen molar-refractivity contribution < 1.29 is 9.59 Å². The average Bonchev–Trinajstić information content (AvgIpc) is 2.46. The number of halogens is 1.